The van der Waals surface area contributed by atoms with Gasteiger partial charge in [0.1, 0.15) is 12.7 Å². The lowest BCUT2D eigenvalue weighted by atomic mass is 10.1. The summed E-state index contributed by atoms with van der Waals surface area (Å²) < 4.78 is 9.35. The van der Waals surface area contributed by atoms with Crippen LogP contribution in [0.4, 0.5) is 0 Å². The predicted octanol–water partition coefficient (Wildman–Crippen LogP) is 4.22. The van der Waals surface area contributed by atoms with Gasteiger partial charge in [0.15, 0.2) is 6.10 Å². The molecule has 0 spiro atoms. The lowest BCUT2D eigenvalue weighted by Gasteiger charge is -2.14. The number of allylic oxidation sites excluding steroid dienone is 11. The molecule has 1 saturated heterocycles. The molecule has 0 aliphatic carbocycles. The summed E-state index contributed by atoms with van der Waals surface area (Å²) in [5, 5.41) is 19.0. The second-order valence-corrected chi connectivity index (χ2v) is 8.10. The van der Waals surface area contributed by atoms with Crippen LogP contribution in [0.3, 0.4) is 0 Å². The van der Waals surface area contributed by atoms with Gasteiger partial charge < -0.3 is 19.7 Å². The number of Topliss-reactive ketones (excluding diaryl/α,β-unsaturated/α-hetero) is 1. The summed E-state index contributed by atoms with van der Waals surface area (Å²) in [4.78, 5) is 34.2. The fraction of sp³-hybridized carbons (Fsp3) is 0.464. The van der Waals surface area contributed by atoms with Gasteiger partial charge in [-0.25, -0.2) is 9.59 Å². The Bertz CT molecular complexity index is 817. The summed E-state index contributed by atoms with van der Waals surface area (Å²) in [5.74, 6) is -2.82. The normalized spacial score (nSPS) is 20.0. The Labute approximate surface area is 208 Å². The maximum atomic E-state index is 11.6. The zero-order valence-corrected chi connectivity index (χ0v) is 20.5. The standard InChI is InChI=1S/C28H38O7/c1-2-3-4-5-6-7-8-9-10-11-12-13-14-15-16-17-18-19-20-21-24(30)34-22-23(29)27-25(31)26(32)28(33)35-27/h10-21,23,26-27,29,32H,2-9,22H2,1H3/t23-,26?,27+/m0/s1. The van der Waals surface area contributed by atoms with Crippen LogP contribution in [-0.4, -0.2) is 52.9 Å². The molecule has 7 heteroatoms. The second kappa shape index (κ2) is 19.3. The summed E-state index contributed by atoms with van der Waals surface area (Å²) in [6, 6.07) is 0. The number of carbonyl (C=O) groups excluding carboxylic acids is 3. The molecule has 192 valence electrons. The van der Waals surface area contributed by atoms with Crippen molar-refractivity contribution in [1.82, 2.24) is 0 Å². The van der Waals surface area contributed by atoms with Gasteiger partial charge in [-0.2, -0.15) is 0 Å². The molecule has 0 bridgehead atoms. The molecule has 1 heterocycles. The Hall–Kier alpha value is -3.03. The molecule has 3 atom stereocenters. The molecule has 0 aromatic heterocycles. The molecule has 2 N–H and O–H groups in total. The minimum atomic E-state index is -1.91. The third kappa shape index (κ3) is 14.1. The summed E-state index contributed by atoms with van der Waals surface area (Å²) in [6.45, 7) is 1.69. The molecule has 7 nitrogen and oxygen atoms in total. The molecule has 1 aliphatic heterocycles. The zero-order valence-electron chi connectivity index (χ0n) is 20.5. The number of hydrogen-bond donors (Lipinski definition) is 2. The highest BCUT2D eigenvalue weighted by Crippen LogP contribution is 2.15. The first kappa shape index (κ1) is 30.0. The van der Waals surface area contributed by atoms with E-state index in [1.54, 1.807) is 18.2 Å². The number of cyclic esters (lactones) is 1. The Kier molecular flexibility index (Phi) is 16.5. The summed E-state index contributed by atoms with van der Waals surface area (Å²) in [5.41, 5.74) is 0. The van der Waals surface area contributed by atoms with Gasteiger partial charge in [0.2, 0.25) is 11.9 Å². The van der Waals surface area contributed by atoms with E-state index in [-0.39, 0.29) is 0 Å². The first-order valence-corrected chi connectivity index (χ1v) is 12.2. The monoisotopic (exact) mass is 486 g/mol. The summed E-state index contributed by atoms with van der Waals surface area (Å²) >= 11 is 0. The number of carbonyl (C=O) groups is 3. The van der Waals surface area contributed by atoms with Crippen LogP contribution in [0.5, 0.6) is 0 Å². The van der Waals surface area contributed by atoms with Crippen LogP contribution >= 0.6 is 0 Å². The van der Waals surface area contributed by atoms with Crippen LogP contribution in [0, 0.1) is 0 Å². The van der Waals surface area contributed by atoms with E-state index in [2.05, 4.69) is 23.8 Å². The topological polar surface area (TPSA) is 110 Å². The van der Waals surface area contributed by atoms with E-state index in [9.17, 15) is 24.6 Å². The lowest BCUT2D eigenvalue weighted by molar-refractivity contribution is -0.154. The quantitative estimate of drug-likeness (QED) is 0.104. The van der Waals surface area contributed by atoms with Gasteiger partial charge in [0, 0.05) is 6.08 Å². The van der Waals surface area contributed by atoms with E-state index in [1.807, 2.05) is 30.4 Å². The molecule has 1 aliphatic rings. The molecule has 1 unspecified atom stereocenters. The number of esters is 2. The Morgan fingerprint density at radius 2 is 1.43 bits per heavy atom. The van der Waals surface area contributed by atoms with E-state index in [1.165, 1.54) is 51.0 Å². The molecular formula is C28H38O7. The van der Waals surface area contributed by atoms with Crippen molar-refractivity contribution in [3.8, 4) is 0 Å². The van der Waals surface area contributed by atoms with Crippen molar-refractivity contribution in [3.63, 3.8) is 0 Å². The van der Waals surface area contributed by atoms with E-state index >= 15 is 0 Å². The van der Waals surface area contributed by atoms with Crippen molar-refractivity contribution in [2.75, 3.05) is 6.61 Å². The number of unbranched alkanes of at least 4 members (excludes halogenated alkanes) is 7. The van der Waals surface area contributed by atoms with Crippen LogP contribution in [-0.2, 0) is 23.9 Å². The minimum absolute atomic E-state index is 0.546. The van der Waals surface area contributed by atoms with E-state index in [0.717, 1.165) is 12.5 Å². The van der Waals surface area contributed by atoms with Crippen LogP contribution in [0.2, 0.25) is 0 Å². The highest BCUT2D eigenvalue weighted by atomic mass is 16.6. The van der Waals surface area contributed by atoms with Crippen LogP contribution in [0.25, 0.3) is 0 Å². The average Bonchev–Trinajstić information content (AvgIpc) is 3.11. The predicted molar refractivity (Wildman–Crippen MR) is 135 cm³/mol. The highest BCUT2D eigenvalue weighted by molar-refractivity contribution is 6.09. The highest BCUT2D eigenvalue weighted by Gasteiger charge is 2.46. The van der Waals surface area contributed by atoms with Gasteiger partial charge in [-0.3, -0.25) is 4.79 Å². The molecule has 0 radical (unpaired) electrons. The Morgan fingerprint density at radius 3 is 2.00 bits per heavy atom. The Morgan fingerprint density at radius 1 is 0.886 bits per heavy atom. The van der Waals surface area contributed by atoms with Gasteiger partial charge >= 0.3 is 11.9 Å². The third-order valence-electron chi connectivity index (χ3n) is 5.10. The molecule has 1 rings (SSSR count). The summed E-state index contributed by atoms with van der Waals surface area (Å²) in [6.07, 6.45) is 27.0. The first-order valence-electron chi connectivity index (χ1n) is 12.2. The third-order valence-corrected chi connectivity index (χ3v) is 5.10. The molecular weight excluding hydrogens is 448 g/mol. The maximum Gasteiger partial charge on any atom is 0.343 e. The van der Waals surface area contributed by atoms with Crippen molar-refractivity contribution in [1.29, 1.82) is 0 Å². The molecule has 0 aromatic rings. The van der Waals surface area contributed by atoms with Crippen LogP contribution in [0.1, 0.15) is 58.3 Å². The first-order chi connectivity index (χ1) is 17.0. The van der Waals surface area contributed by atoms with Crippen molar-refractivity contribution in [2.45, 2.75) is 76.6 Å². The van der Waals surface area contributed by atoms with Crippen molar-refractivity contribution < 1.29 is 34.1 Å². The molecule has 0 aromatic carbocycles. The Balaban J connectivity index is 2.12. The van der Waals surface area contributed by atoms with Gasteiger partial charge in [0.05, 0.1) is 0 Å². The van der Waals surface area contributed by atoms with Crippen LogP contribution < -0.4 is 0 Å². The van der Waals surface area contributed by atoms with Gasteiger partial charge in [-0.05, 0) is 12.8 Å². The number of hydrogen-bond acceptors (Lipinski definition) is 7. The van der Waals surface area contributed by atoms with Crippen molar-refractivity contribution in [3.05, 3.63) is 72.9 Å². The number of rotatable bonds is 17. The number of ketones is 1. The number of aliphatic hydroxyl groups is 2. The van der Waals surface area contributed by atoms with E-state index < -0.39 is 42.6 Å². The largest absolute Gasteiger partial charge is 0.460 e. The van der Waals surface area contributed by atoms with Crippen molar-refractivity contribution in [2.24, 2.45) is 0 Å². The smallest absolute Gasteiger partial charge is 0.343 e. The fourth-order valence-corrected chi connectivity index (χ4v) is 3.13. The lowest BCUT2D eigenvalue weighted by Crippen LogP contribution is -2.37. The van der Waals surface area contributed by atoms with Gasteiger partial charge in [-0.15, -0.1) is 0 Å². The second-order valence-electron chi connectivity index (χ2n) is 8.10. The van der Waals surface area contributed by atoms with Crippen LogP contribution in [0.15, 0.2) is 72.9 Å². The summed E-state index contributed by atoms with van der Waals surface area (Å²) in [7, 11) is 0. The minimum Gasteiger partial charge on any atom is -0.460 e. The van der Waals surface area contributed by atoms with E-state index in [4.69, 9.17) is 4.74 Å². The van der Waals surface area contributed by atoms with Crippen molar-refractivity contribution >= 4 is 17.7 Å². The number of ether oxygens (including phenoxy) is 2. The maximum absolute atomic E-state index is 11.6. The SMILES string of the molecule is CCCCCCCCCC=CC=CC=CC=CC=CC=CC(=O)OC[C@H](O)[C@H]1OC(=O)C(O)C1=O. The fourth-order valence-electron chi connectivity index (χ4n) is 3.13. The number of aliphatic hydroxyl groups excluding tert-OH is 2. The molecule has 0 saturated carbocycles. The van der Waals surface area contributed by atoms with Gasteiger partial charge in [0.25, 0.3) is 0 Å². The average molecular weight is 487 g/mol. The van der Waals surface area contributed by atoms with E-state index in [0.29, 0.717) is 0 Å². The van der Waals surface area contributed by atoms with Gasteiger partial charge in [-0.1, -0.05) is 112 Å². The molecule has 1 fully saturated rings. The zero-order chi connectivity index (χ0) is 25.7. The molecule has 35 heavy (non-hydrogen) atoms. The molecule has 0 amide bonds.